The Kier molecular flexibility index (Phi) is 4.94. The van der Waals surface area contributed by atoms with Crippen molar-refractivity contribution in [3.8, 4) is 5.69 Å². The molecule has 0 aromatic carbocycles. The molecule has 0 unspecified atom stereocenters. The molecule has 2 aromatic rings. The molecule has 0 amide bonds. The van der Waals surface area contributed by atoms with E-state index in [0.29, 0.717) is 5.92 Å². The number of pyridine rings is 1. The second-order valence-corrected chi connectivity index (χ2v) is 6.22. The Bertz CT molecular complexity index is 590. The monoisotopic (exact) mass is 336 g/mol. The molecule has 2 aromatic heterocycles. The highest BCUT2D eigenvalue weighted by molar-refractivity contribution is 9.10. The summed E-state index contributed by atoms with van der Waals surface area (Å²) in [5.41, 5.74) is 4.35. The fourth-order valence-electron chi connectivity index (χ4n) is 2.12. The van der Waals surface area contributed by atoms with Gasteiger partial charge >= 0.3 is 0 Å². The van der Waals surface area contributed by atoms with E-state index in [9.17, 15) is 0 Å². The number of rotatable bonds is 5. The fraction of sp³-hybridized carbons (Fsp3) is 0.467. The average Bonchev–Trinajstić information content (AvgIpc) is 2.67. The summed E-state index contributed by atoms with van der Waals surface area (Å²) in [5, 5.41) is 8.06. The van der Waals surface area contributed by atoms with Gasteiger partial charge in [0.15, 0.2) is 0 Å². The molecule has 4 nitrogen and oxygen atoms in total. The van der Waals surface area contributed by atoms with Gasteiger partial charge in [0.1, 0.15) is 0 Å². The van der Waals surface area contributed by atoms with Crippen molar-refractivity contribution in [3.05, 3.63) is 39.9 Å². The van der Waals surface area contributed by atoms with Crippen LogP contribution in [0.2, 0.25) is 0 Å². The zero-order valence-corrected chi connectivity index (χ0v) is 14.0. The van der Waals surface area contributed by atoms with Crippen molar-refractivity contribution in [2.45, 2.75) is 34.2 Å². The summed E-state index contributed by atoms with van der Waals surface area (Å²) in [7, 11) is 0. The highest BCUT2D eigenvalue weighted by Gasteiger charge is 2.13. The second kappa shape index (κ2) is 6.50. The van der Waals surface area contributed by atoms with Gasteiger partial charge in [-0.25, -0.2) is 4.68 Å². The third-order valence-electron chi connectivity index (χ3n) is 3.18. The Labute approximate surface area is 128 Å². The van der Waals surface area contributed by atoms with Gasteiger partial charge in [0.2, 0.25) is 0 Å². The van der Waals surface area contributed by atoms with E-state index in [1.54, 1.807) is 0 Å². The van der Waals surface area contributed by atoms with Crippen LogP contribution in [0.1, 0.15) is 30.8 Å². The quantitative estimate of drug-likeness (QED) is 0.909. The third kappa shape index (κ3) is 3.27. The Balaban J connectivity index is 2.29. The molecule has 0 aliphatic rings. The van der Waals surface area contributed by atoms with Gasteiger partial charge in [0.25, 0.3) is 0 Å². The van der Waals surface area contributed by atoms with Crippen LogP contribution in [0.4, 0.5) is 0 Å². The van der Waals surface area contributed by atoms with Gasteiger partial charge in [0.05, 0.1) is 21.5 Å². The number of aromatic nitrogens is 3. The minimum absolute atomic E-state index is 0.637. The number of aryl methyl sites for hydroxylation is 1. The lowest BCUT2D eigenvalue weighted by molar-refractivity contribution is 0.550. The molecule has 0 aliphatic heterocycles. The maximum absolute atomic E-state index is 4.60. The molecule has 0 radical (unpaired) electrons. The molecular formula is C15H21BrN4. The van der Waals surface area contributed by atoms with Crippen LogP contribution in [0, 0.1) is 19.8 Å². The van der Waals surface area contributed by atoms with Crippen LogP contribution in [0.5, 0.6) is 0 Å². The van der Waals surface area contributed by atoms with Gasteiger partial charge in [-0.05, 0) is 48.3 Å². The molecule has 0 spiro atoms. The molecule has 2 rings (SSSR count). The zero-order chi connectivity index (χ0) is 14.7. The number of nitrogens with one attached hydrogen (secondary N) is 1. The Morgan fingerprint density at radius 1 is 1.35 bits per heavy atom. The first-order valence-corrected chi connectivity index (χ1v) is 7.65. The van der Waals surface area contributed by atoms with Crippen molar-refractivity contribution >= 4 is 15.9 Å². The summed E-state index contributed by atoms with van der Waals surface area (Å²) in [4.78, 5) is 4.23. The lowest BCUT2D eigenvalue weighted by Gasteiger charge is -2.12. The van der Waals surface area contributed by atoms with Crippen LogP contribution in [0.25, 0.3) is 5.69 Å². The summed E-state index contributed by atoms with van der Waals surface area (Å²) in [6.07, 6.45) is 3.72. The molecule has 0 fully saturated rings. The lowest BCUT2D eigenvalue weighted by Crippen LogP contribution is -2.20. The number of halogens is 1. The molecule has 0 saturated heterocycles. The molecule has 108 valence electrons. The first-order valence-electron chi connectivity index (χ1n) is 6.86. The van der Waals surface area contributed by atoms with Gasteiger partial charge < -0.3 is 5.32 Å². The van der Waals surface area contributed by atoms with Crippen molar-refractivity contribution < 1.29 is 0 Å². The average molecular weight is 337 g/mol. The topological polar surface area (TPSA) is 42.7 Å². The maximum atomic E-state index is 4.60. The summed E-state index contributed by atoms with van der Waals surface area (Å²) in [5.74, 6) is 0.637. The zero-order valence-electron chi connectivity index (χ0n) is 12.4. The second-order valence-electron chi connectivity index (χ2n) is 5.43. The Morgan fingerprint density at radius 2 is 2.10 bits per heavy atom. The minimum atomic E-state index is 0.637. The van der Waals surface area contributed by atoms with E-state index in [0.717, 1.165) is 40.2 Å². The first kappa shape index (κ1) is 15.2. The molecule has 2 heterocycles. The van der Waals surface area contributed by atoms with Crippen LogP contribution in [0.15, 0.2) is 22.9 Å². The maximum Gasteiger partial charge on any atom is 0.0743 e. The molecule has 20 heavy (non-hydrogen) atoms. The summed E-state index contributed by atoms with van der Waals surface area (Å²) < 4.78 is 3.04. The Hall–Kier alpha value is -1.20. The number of hydrogen-bond donors (Lipinski definition) is 1. The molecule has 5 heteroatoms. The lowest BCUT2D eigenvalue weighted by atomic mass is 10.2. The van der Waals surface area contributed by atoms with E-state index in [2.05, 4.69) is 52.1 Å². The van der Waals surface area contributed by atoms with Crippen LogP contribution in [-0.4, -0.2) is 21.3 Å². The molecule has 0 aliphatic carbocycles. The molecule has 0 saturated carbocycles. The molecular weight excluding hydrogens is 316 g/mol. The van der Waals surface area contributed by atoms with Crippen LogP contribution in [-0.2, 0) is 6.54 Å². The SMILES string of the molecule is Cc1nn(-c2ccncc2CNCC(C)C)c(C)c1Br. The third-order valence-corrected chi connectivity index (χ3v) is 4.32. The summed E-state index contributed by atoms with van der Waals surface area (Å²) >= 11 is 3.58. The number of nitrogens with zero attached hydrogens (tertiary/aromatic N) is 3. The van der Waals surface area contributed by atoms with Crippen molar-refractivity contribution in [2.24, 2.45) is 5.92 Å². The minimum Gasteiger partial charge on any atom is -0.312 e. The highest BCUT2D eigenvalue weighted by atomic mass is 79.9. The van der Waals surface area contributed by atoms with Crippen molar-refractivity contribution in [2.75, 3.05) is 6.54 Å². The van der Waals surface area contributed by atoms with E-state index in [4.69, 9.17) is 0 Å². The van der Waals surface area contributed by atoms with E-state index >= 15 is 0 Å². The van der Waals surface area contributed by atoms with Gasteiger partial charge in [-0.1, -0.05) is 13.8 Å². The van der Waals surface area contributed by atoms with Gasteiger partial charge in [-0.15, -0.1) is 0 Å². The normalized spacial score (nSPS) is 11.3. The van der Waals surface area contributed by atoms with Crippen molar-refractivity contribution in [1.29, 1.82) is 0 Å². The molecule has 0 bridgehead atoms. The first-order chi connectivity index (χ1) is 9.50. The Morgan fingerprint density at radius 3 is 2.70 bits per heavy atom. The van der Waals surface area contributed by atoms with Crippen molar-refractivity contribution in [3.63, 3.8) is 0 Å². The standard InChI is InChI=1S/C15H21BrN4/c1-10(2)7-18-9-13-8-17-6-5-14(13)20-12(4)15(16)11(3)19-20/h5-6,8,10,18H,7,9H2,1-4H3. The summed E-state index contributed by atoms with van der Waals surface area (Å²) in [6, 6.07) is 2.01. The molecule has 0 atom stereocenters. The van der Waals surface area contributed by atoms with Crippen LogP contribution >= 0.6 is 15.9 Å². The van der Waals surface area contributed by atoms with Gasteiger partial charge in [-0.3, -0.25) is 4.98 Å². The highest BCUT2D eigenvalue weighted by Crippen LogP contribution is 2.24. The van der Waals surface area contributed by atoms with Gasteiger partial charge in [-0.2, -0.15) is 5.10 Å². The smallest absolute Gasteiger partial charge is 0.0743 e. The largest absolute Gasteiger partial charge is 0.312 e. The van der Waals surface area contributed by atoms with E-state index < -0.39 is 0 Å². The van der Waals surface area contributed by atoms with Crippen molar-refractivity contribution in [1.82, 2.24) is 20.1 Å². The number of hydrogen-bond acceptors (Lipinski definition) is 3. The molecule has 1 N–H and O–H groups in total. The predicted octanol–water partition coefficient (Wildman–Crippen LogP) is 3.39. The van der Waals surface area contributed by atoms with Crippen LogP contribution < -0.4 is 5.32 Å². The van der Waals surface area contributed by atoms with E-state index in [-0.39, 0.29) is 0 Å². The predicted molar refractivity (Wildman–Crippen MR) is 85.1 cm³/mol. The van der Waals surface area contributed by atoms with Crippen LogP contribution in [0.3, 0.4) is 0 Å². The van der Waals surface area contributed by atoms with E-state index in [1.807, 2.05) is 30.1 Å². The fourth-order valence-corrected chi connectivity index (χ4v) is 2.36. The summed E-state index contributed by atoms with van der Waals surface area (Å²) in [6.45, 7) is 10.3. The van der Waals surface area contributed by atoms with E-state index in [1.165, 1.54) is 0 Å². The van der Waals surface area contributed by atoms with Gasteiger partial charge in [0, 0.05) is 24.5 Å².